The number of benzene rings is 1. The molecule has 3 heteroatoms. The summed E-state index contributed by atoms with van der Waals surface area (Å²) < 4.78 is 5.18. The predicted molar refractivity (Wildman–Crippen MR) is 91.2 cm³/mol. The summed E-state index contributed by atoms with van der Waals surface area (Å²) in [4.78, 5) is 2.39. The van der Waals surface area contributed by atoms with Gasteiger partial charge in [-0.15, -0.1) is 0 Å². The van der Waals surface area contributed by atoms with E-state index in [0.717, 1.165) is 25.3 Å². The highest BCUT2D eigenvalue weighted by molar-refractivity contribution is 5.27. The molecule has 1 aromatic rings. The first-order valence-electron chi connectivity index (χ1n) is 8.09. The molecule has 0 aromatic heterocycles. The van der Waals surface area contributed by atoms with Crippen molar-refractivity contribution in [1.29, 1.82) is 0 Å². The lowest BCUT2D eigenvalue weighted by Crippen LogP contribution is -2.32. The molecule has 21 heavy (non-hydrogen) atoms. The summed E-state index contributed by atoms with van der Waals surface area (Å²) in [7, 11) is 3.90. The topological polar surface area (TPSA) is 24.5 Å². The molecule has 0 spiro atoms. The molecule has 0 aliphatic carbocycles. The molecule has 1 unspecified atom stereocenters. The van der Waals surface area contributed by atoms with Crippen molar-refractivity contribution in [2.24, 2.45) is 0 Å². The molecule has 1 atom stereocenters. The summed E-state index contributed by atoms with van der Waals surface area (Å²) >= 11 is 0. The van der Waals surface area contributed by atoms with E-state index >= 15 is 0 Å². The van der Waals surface area contributed by atoms with Gasteiger partial charge in [-0.3, -0.25) is 0 Å². The molecule has 0 fully saturated rings. The third-order valence-corrected chi connectivity index (χ3v) is 4.09. The van der Waals surface area contributed by atoms with E-state index in [1.54, 1.807) is 7.11 Å². The number of nitrogens with zero attached hydrogens (tertiary/aromatic N) is 1. The van der Waals surface area contributed by atoms with Crippen LogP contribution in [0.4, 0.5) is 0 Å². The van der Waals surface area contributed by atoms with Crippen LogP contribution in [-0.4, -0.2) is 44.2 Å². The summed E-state index contributed by atoms with van der Waals surface area (Å²) in [5.41, 5.74) is 1.38. The van der Waals surface area contributed by atoms with Gasteiger partial charge in [0.05, 0.1) is 7.11 Å². The van der Waals surface area contributed by atoms with Crippen molar-refractivity contribution >= 4 is 0 Å². The fraction of sp³-hybridized carbons (Fsp3) is 0.667. The summed E-state index contributed by atoms with van der Waals surface area (Å²) in [5, 5.41) is 3.62. The number of nitrogens with one attached hydrogen (secondary N) is 1. The van der Waals surface area contributed by atoms with Crippen LogP contribution in [0.15, 0.2) is 24.3 Å². The lowest BCUT2D eigenvalue weighted by Gasteiger charge is -2.21. The second-order valence-electron chi connectivity index (χ2n) is 6.17. The highest BCUT2D eigenvalue weighted by Gasteiger charge is 2.04. The van der Waals surface area contributed by atoms with Gasteiger partial charge in [0.25, 0.3) is 0 Å². The zero-order chi connectivity index (χ0) is 15.7. The third-order valence-electron chi connectivity index (χ3n) is 4.09. The number of rotatable bonds is 10. The maximum Gasteiger partial charge on any atom is 0.118 e. The molecular formula is C18H32N2O. The van der Waals surface area contributed by atoms with Gasteiger partial charge in [-0.2, -0.15) is 0 Å². The van der Waals surface area contributed by atoms with Crippen LogP contribution in [0.25, 0.3) is 0 Å². The minimum Gasteiger partial charge on any atom is -0.497 e. The van der Waals surface area contributed by atoms with Crippen molar-refractivity contribution in [3.63, 3.8) is 0 Å². The molecule has 120 valence electrons. The first-order valence-corrected chi connectivity index (χ1v) is 8.09. The molecule has 0 aliphatic heterocycles. The van der Waals surface area contributed by atoms with Gasteiger partial charge >= 0.3 is 0 Å². The molecule has 3 nitrogen and oxygen atoms in total. The van der Waals surface area contributed by atoms with E-state index in [-0.39, 0.29) is 0 Å². The lowest BCUT2D eigenvalue weighted by molar-refractivity contribution is 0.268. The fourth-order valence-corrected chi connectivity index (χ4v) is 2.21. The van der Waals surface area contributed by atoms with Crippen LogP contribution < -0.4 is 10.1 Å². The lowest BCUT2D eigenvalue weighted by atomic mass is 10.1. The van der Waals surface area contributed by atoms with E-state index in [4.69, 9.17) is 4.74 Å². The fourth-order valence-electron chi connectivity index (χ4n) is 2.21. The first kappa shape index (κ1) is 18.0. The Morgan fingerprint density at radius 3 is 2.38 bits per heavy atom. The van der Waals surface area contributed by atoms with Crippen molar-refractivity contribution in [2.75, 3.05) is 27.2 Å². The van der Waals surface area contributed by atoms with Gasteiger partial charge in [0, 0.05) is 12.1 Å². The second-order valence-corrected chi connectivity index (χ2v) is 6.17. The first-order chi connectivity index (χ1) is 10.0. The van der Waals surface area contributed by atoms with Crippen LogP contribution in [0.1, 0.15) is 39.2 Å². The smallest absolute Gasteiger partial charge is 0.118 e. The van der Waals surface area contributed by atoms with Crippen LogP contribution in [0.3, 0.4) is 0 Å². The minimum atomic E-state index is 0.566. The number of hydrogen-bond acceptors (Lipinski definition) is 3. The molecule has 0 saturated heterocycles. The van der Waals surface area contributed by atoms with E-state index < -0.39 is 0 Å². The molecule has 0 aliphatic rings. The third kappa shape index (κ3) is 7.49. The Bertz CT molecular complexity index is 375. The molecule has 1 rings (SSSR count). The van der Waals surface area contributed by atoms with Gasteiger partial charge in [0.15, 0.2) is 0 Å². The van der Waals surface area contributed by atoms with E-state index in [2.05, 4.69) is 50.2 Å². The monoisotopic (exact) mass is 292 g/mol. The average molecular weight is 292 g/mol. The van der Waals surface area contributed by atoms with E-state index in [1.165, 1.54) is 18.4 Å². The van der Waals surface area contributed by atoms with Gasteiger partial charge in [-0.1, -0.05) is 12.1 Å². The molecule has 0 amide bonds. The number of aryl methyl sites for hydroxylation is 1. The second kappa shape index (κ2) is 9.80. The summed E-state index contributed by atoms with van der Waals surface area (Å²) in [6.07, 6.45) is 3.50. The summed E-state index contributed by atoms with van der Waals surface area (Å²) in [5.74, 6) is 0.930. The van der Waals surface area contributed by atoms with Crippen molar-refractivity contribution < 1.29 is 4.74 Å². The quantitative estimate of drug-likeness (QED) is 0.669. The molecule has 0 bridgehead atoms. The average Bonchev–Trinajstić information content (AvgIpc) is 2.49. The van der Waals surface area contributed by atoms with Crippen LogP contribution in [0.2, 0.25) is 0 Å². The molecule has 0 saturated carbocycles. The van der Waals surface area contributed by atoms with Crippen molar-refractivity contribution in [3.8, 4) is 5.75 Å². The Morgan fingerprint density at radius 2 is 1.81 bits per heavy atom. The maximum atomic E-state index is 5.18. The Balaban J connectivity index is 2.14. The van der Waals surface area contributed by atoms with Crippen molar-refractivity contribution in [3.05, 3.63) is 29.8 Å². The Morgan fingerprint density at radius 1 is 1.14 bits per heavy atom. The van der Waals surface area contributed by atoms with Gasteiger partial charge in [0.2, 0.25) is 0 Å². The van der Waals surface area contributed by atoms with E-state index in [0.29, 0.717) is 12.1 Å². The summed E-state index contributed by atoms with van der Waals surface area (Å²) in [6.45, 7) is 9.02. The Labute approximate surface area is 130 Å². The zero-order valence-corrected chi connectivity index (χ0v) is 14.4. The van der Waals surface area contributed by atoms with E-state index in [9.17, 15) is 0 Å². The zero-order valence-electron chi connectivity index (χ0n) is 14.4. The van der Waals surface area contributed by atoms with Crippen LogP contribution >= 0.6 is 0 Å². The molecular weight excluding hydrogens is 260 g/mol. The maximum absolute atomic E-state index is 5.18. The molecule has 0 radical (unpaired) electrons. The molecule has 1 aromatic carbocycles. The SMILES string of the molecule is COc1ccc(CCC(C)NCCCN(C)C(C)C)cc1. The standard InChI is InChI=1S/C18H32N2O/c1-15(2)20(4)14-6-13-19-16(3)7-8-17-9-11-18(21-5)12-10-17/h9-12,15-16,19H,6-8,13-14H2,1-5H3. The van der Waals surface area contributed by atoms with Gasteiger partial charge < -0.3 is 15.0 Å². The van der Waals surface area contributed by atoms with Gasteiger partial charge in [0.1, 0.15) is 5.75 Å². The van der Waals surface area contributed by atoms with Crippen molar-refractivity contribution in [1.82, 2.24) is 10.2 Å². The predicted octanol–water partition coefficient (Wildman–Crippen LogP) is 3.34. The normalized spacial score (nSPS) is 12.9. The highest BCUT2D eigenvalue weighted by atomic mass is 16.5. The minimum absolute atomic E-state index is 0.566. The largest absolute Gasteiger partial charge is 0.497 e. The summed E-state index contributed by atoms with van der Waals surface area (Å²) in [6, 6.07) is 9.59. The van der Waals surface area contributed by atoms with Gasteiger partial charge in [-0.25, -0.2) is 0 Å². The van der Waals surface area contributed by atoms with E-state index in [1.807, 2.05) is 12.1 Å². The van der Waals surface area contributed by atoms with Crippen LogP contribution in [-0.2, 0) is 6.42 Å². The highest BCUT2D eigenvalue weighted by Crippen LogP contribution is 2.13. The van der Waals surface area contributed by atoms with Crippen molar-refractivity contribution in [2.45, 2.75) is 52.1 Å². The van der Waals surface area contributed by atoms with Crippen LogP contribution in [0, 0.1) is 0 Å². The Hall–Kier alpha value is -1.06. The number of methoxy groups -OCH3 is 1. The molecule has 1 N–H and O–H groups in total. The number of ether oxygens (including phenoxy) is 1. The number of hydrogen-bond donors (Lipinski definition) is 1. The van der Waals surface area contributed by atoms with Crippen LogP contribution in [0.5, 0.6) is 5.75 Å². The Kier molecular flexibility index (Phi) is 8.40. The van der Waals surface area contributed by atoms with Gasteiger partial charge in [-0.05, 0) is 77.9 Å². The molecule has 0 heterocycles.